The molecule has 2 aromatic rings. The van der Waals surface area contributed by atoms with Crippen molar-refractivity contribution < 1.29 is 13.2 Å². The molecule has 1 heterocycles. The number of nitrogens with zero attached hydrogens (tertiary/aromatic N) is 2. The molecule has 0 unspecified atom stereocenters. The van der Waals surface area contributed by atoms with Gasteiger partial charge >= 0.3 is 6.18 Å². The highest BCUT2D eigenvalue weighted by molar-refractivity contribution is 5.78. The minimum atomic E-state index is -4.31. The molecule has 0 saturated carbocycles. The van der Waals surface area contributed by atoms with Gasteiger partial charge in [-0.2, -0.15) is 13.2 Å². The summed E-state index contributed by atoms with van der Waals surface area (Å²) < 4.78 is 39.7. The van der Waals surface area contributed by atoms with Gasteiger partial charge < -0.3 is 4.57 Å². The van der Waals surface area contributed by atoms with Crippen LogP contribution >= 0.6 is 0 Å². The Balaban J connectivity index is 2.44. The van der Waals surface area contributed by atoms with Crippen molar-refractivity contribution in [1.82, 2.24) is 9.55 Å². The zero-order valence-corrected chi connectivity index (χ0v) is 12.1. The summed E-state index contributed by atoms with van der Waals surface area (Å²) in [6.45, 7) is 6.06. The lowest BCUT2D eigenvalue weighted by Crippen LogP contribution is -2.10. The number of imidazole rings is 1. The minimum absolute atomic E-state index is 0.204. The first-order valence-corrected chi connectivity index (χ1v) is 6.55. The second kappa shape index (κ2) is 5.39. The van der Waals surface area contributed by atoms with Gasteiger partial charge in [0.05, 0.1) is 11.9 Å². The number of hydrogen-bond donors (Lipinski definition) is 0. The number of allylic oxidation sites excluding steroid dienone is 1. The Morgan fingerprint density at radius 2 is 1.71 bits per heavy atom. The van der Waals surface area contributed by atoms with E-state index in [4.69, 9.17) is 0 Å². The molecule has 0 radical (unpaired) electrons. The Hall–Kier alpha value is -2.04. The summed E-state index contributed by atoms with van der Waals surface area (Å²) in [5, 5.41) is 0. The molecule has 1 aromatic heterocycles. The first-order chi connectivity index (χ1) is 9.68. The average Bonchev–Trinajstić information content (AvgIpc) is 2.86. The van der Waals surface area contributed by atoms with Crippen LogP contribution in [0.2, 0.25) is 0 Å². The van der Waals surface area contributed by atoms with Crippen molar-refractivity contribution in [2.24, 2.45) is 5.41 Å². The number of hydrogen-bond acceptors (Lipinski definition) is 1. The van der Waals surface area contributed by atoms with Crippen molar-refractivity contribution in [2.45, 2.75) is 26.9 Å². The average molecular weight is 294 g/mol. The standard InChI is InChI=1S/C16H17F3N2/c1-15(2,3)14(10-21-9-8-20-11-21)12-4-6-13(7-5-12)16(17,18)19/h4-11H,1-3H3. The van der Waals surface area contributed by atoms with Gasteiger partial charge in [-0.3, -0.25) is 0 Å². The molecule has 5 heteroatoms. The number of rotatable bonds is 2. The lowest BCUT2D eigenvalue weighted by atomic mass is 9.82. The van der Waals surface area contributed by atoms with Crippen LogP contribution in [0.3, 0.4) is 0 Å². The molecular formula is C16H17F3N2. The molecule has 0 atom stereocenters. The van der Waals surface area contributed by atoms with E-state index in [0.29, 0.717) is 0 Å². The van der Waals surface area contributed by atoms with Gasteiger partial charge in [0.25, 0.3) is 0 Å². The first-order valence-electron chi connectivity index (χ1n) is 6.55. The van der Waals surface area contributed by atoms with Crippen LogP contribution in [0.15, 0.2) is 43.0 Å². The van der Waals surface area contributed by atoms with Crippen molar-refractivity contribution in [3.8, 4) is 0 Å². The maximum Gasteiger partial charge on any atom is 0.416 e. The van der Waals surface area contributed by atoms with Crippen LogP contribution in [0.25, 0.3) is 11.8 Å². The molecule has 0 fully saturated rings. The first kappa shape index (κ1) is 15.4. The van der Waals surface area contributed by atoms with E-state index in [-0.39, 0.29) is 5.41 Å². The lowest BCUT2D eigenvalue weighted by Gasteiger charge is -2.24. The van der Waals surface area contributed by atoms with Crippen molar-refractivity contribution >= 4 is 11.8 Å². The highest BCUT2D eigenvalue weighted by Crippen LogP contribution is 2.36. The molecule has 0 aliphatic heterocycles. The van der Waals surface area contributed by atoms with Gasteiger partial charge in [0.2, 0.25) is 0 Å². The fourth-order valence-electron chi connectivity index (χ4n) is 2.03. The molecule has 0 N–H and O–H groups in total. The third-order valence-electron chi connectivity index (χ3n) is 3.13. The molecule has 0 aliphatic rings. The van der Waals surface area contributed by atoms with Crippen LogP contribution in [0.1, 0.15) is 31.9 Å². The van der Waals surface area contributed by atoms with Gasteiger partial charge in [-0.25, -0.2) is 4.98 Å². The maximum atomic E-state index is 12.6. The fourth-order valence-corrected chi connectivity index (χ4v) is 2.03. The van der Waals surface area contributed by atoms with Crippen LogP contribution in [0, 0.1) is 5.41 Å². The summed E-state index contributed by atoms with van der Waals surface area (Å²) in [5.74, 6) is 0. The SMILES string of the molecule is CC(C)(C)C(=Cn1ccnc1)c1ccc(C(F)(F)F)cc1. The molecule has 112 valence electrons. The predicted molar refractivity (Wildman–Crippen MR) is 77.3 cm³/mol. The summed E-state index contributed by atoms with van der Waals surface area (Å²) >= 11 is 0. The summed E-state index contributed by atoms with van der Waals surface area (Å²) in [7, 11) is 0. The van der Waals surface area contributed by atoms with Gasteiger partial charge in [-0.1, -0.05) is 32.9 Å². The van der Waals surface area contributed by atoms with Crippen molar-refractivity contribution in [3.63, 3.8) is 0 Å². The summed E-state index contributed by atoms with van der Waals surface area (Å²) in [4.78, 5) is 3.97. The third-order valence-corrected chi connectivity index (χ3v) is 3.13. The molecule has 21 heavy (non-hydrogen) atoms. The minimum Gasteiger partial charge on any atom is -0.313 e. The van der Waals surface area contributed by atoms with E-state index >= 15 is 0 Å². The topological polar surface area (TPSA) is 17.8 Å². The summed E-state index contributed by atoms with van der Waals surface area (Å²) in [6, 6.07) is 5.25. The predicted octanol–water partition coefficient (Wildman–Crippen LogP) is 4.95. The van der Waals surface area contributed by atoms with Crippen LogP contribution in [0.5, 0.6) is 0 Å². The van der Waals surface area contributed by atoms with Gasteiger partial charge in [-0.05, 0) is 28.7 Å². The monoisotopic (exact) mass is 294 g/mol. The Morgan fingerprint density at radius 3 is 2.14 bits per heavy atom. The fraction of sp³-hybridized carbons (Fsp3) is 0.312. The largest absolute Gasteiger partial charge is 0.416 e. The smallest absolute Gasteiger partial charge is 0.313 e. The normalized spacial score (nSPS) is 13.5. The molecule has 1 aromatic carbocycles. The van der Waals surface area contributed by atoms with Crippen molar-refractivity contribution in [3.05, 3.63) is 54.1 Å². The van der Waals surface area contributed by atoms with Gasteiger partial charge in [0.15, 0.2) is 0 Å². The number of alkyl halides is 3. The van der Waals surface area contributed by atoms with Crippen LogP contribution < -0.4 is 0 Å². The van der Waals surface area contributed by atoms with E-state index in [1.54, 1.807) is 23.3 Å². The van der Waals surface area contributed by atoms with E-state index in [1.807, 2.05) is 27.0 Å². The van der Waals surface area contributed by atoms with Crippen LogP contribution in [0.4, 0.5) is 13.2 Å². The van der Waals surface area contributed by atoms with E-state index in [1.165, 1.54) is 12.1 Å². The van der Waals surface area contributed by atoms with Crippen molar-refractivity contribution in [1.29, 1.82) is 0 Å². The molecule has 0 amide bonds. The Kier molecular flexibility index (Phi) is 3.94. The zero-order valence-electron chi connectivity index (χ0n) is 12.1. The number of benzene rings is 1. The van der Waals surface area contributed by atoms with E-state index in [9.17, 15) is 13.2 Å². The highest BCUT2D eigenvalue weighted by atomic mass is 19.4. The molecule has 0 saturated heterocycles. The summed E-state index contributed by atoms with van der Waals surface area (Å²) in [6.07, 6.45) is 2.67. The number of aromatic nitrogens is 2. The van der Waals surface area contributed by atoms with Gasteiger partial charge in [0.1, 0.15) is 0 Å². The van der Waals surface area contributed by atoms with Gasteiger partial charge in [-0.15, -0.1) is 0 Å². The molecule has 2 nitrogen and oxygen atoms in total. The Morgan fingerprint density at radius 1 is 1.10 bits per heavy atom. The van der Waals surface area contributed by atoms with Crippen LogP contribution in [-0.2, 0) is 6.18 Å². The molecule has 0 aliphatic carbocycles. The lowest BCUT2D eigenvalue weighted by molar-refractivity contribution is -0.137. The number of halogens is 3. The maximum absolute atomic E-state index is 12.6. The Labute approximate surface area is 121 Å². The third kappa shape index (κ3) is 3.74. The van der Waals surface area contributed by atoms with E-state index in [2.05, 4.69) is 4.98 Å². The molecule has 0 bridgehead atoms. The quantitative estimate of drug-likeness (QED) is 0.766. The van der Waals surface area contributed by atoms with E-state index in [0.717, 1.165) is 23.3 Å². The second-order valence-electron chi connectivity index (χ2n) is 5.88. The molecular weight excluding hydrogens is 277 g/mol. The molecule has 0 spiro atoms. The van der Waals surface area contributed by atoms with Crippen LogP contribution in [-0.4, -0.2) is 9.55 Å². The zero-order chi connectivity index (χ0) is 15.7. The van der Waals surface area contributed by atoms with Crippen molar-refractivity contribution in [2.75, 3.05) is 0 Å². The van der Waals surface area contributed by atoms with E-state index < -0.39 is 11.7 Å². The summed E-state index contributed by atoms with van der Waals surface area (Å²) in [5.41, 5.74) is 0.866. The second-order valence-corrected chi connectivity index (χ2v) is 5.88. The Bertz CT molecular complexity index is 615. The van der Waals surface area contributed by atoms with Gasteiger partial charge in [0, 0.05) is 18.6 Å². The highest BCUT2D eigenvalue weighted by Gasteiger charge is 2.30. The molecule has 2 rings (SSSR count).